The van der Waals surface area contributed by atoms with Crippen molar-refractivity contribution in [3.8, 4) is 0 Å². The number of carbonyl (C=O) groups excluding carboxylic acids is 3. The Morgan fingerprint density at radius 3 is 2.32 bits per heavy atom. The fraction of sp³-hybridized carbons (Fsp3) is 0.211. The molecule has 0 heterocycles. The maximum Gasteiger partial charge on any atom is 0.316 e. The second-order valence-electron chi connectivity index (χ2n) is 5.16. The number of rotatable bonds is 8. The number of ketones is 1. The lowest BCUT2D eigenvalue weighted by atomic mass is 10.1. The molecule has 0 aliphatic heterocycles. The van der Waals surface area contributed by atoms with Crippen LogP contribution < -0.4 is 5.32 Å². The maximum atomic E-state index is 12.0. The molecule has 130 valence electrons. The fourth-order valence-corrected chi connectivity index (χ4v) is 2.64. The van der Waals surface area contributed by atoms with Crippen LogP contribution in [0.25, 0.3) is 0 Å². The number of carbonyl (C=O) groups is 3. The van der Waals surface area contributed by atoms with E-state index in [-0.39, 0.29) is 24.1 Å². The molecule has 2 rings (SSSR count). The highest BCUT2D eigenvalue weighted by atomic mass is 32.2. The van der Waals surface area contributed by atoms with Crippen LogP contribution >= 0.6 is 11.8 Å². The number of amides is 1. The zero-order valence-corrected chi connectivity index (χ0v) is 14.7. The van der Waals surface area contributed by atoms with Gasteiger partial charge < -0.3 is 10.1 Å². The number of Topliss-reactive ketones (excluding diaryl/α,β-unsaturated/α-hetero) is 1. The van der Waals surface area contributed by atoms with Gasteiger partial charge in [0, 0.05) is 22.6 Å². The topological polar surface area (TPSA) is 72.5 Å². The molecular formula is C19H19NO4S. The average molecular weight is 357 g/mol. The van der Waals surface area contributed by atoms with Crippen LogP contribution in [-0.2, 0) is 14.3 Å². The summed E-state index contributed by atoms with van der Waals surface area (Å²) in [6.07, 6.45) is 0.387. The normalized spacial score (nSPS) is 10.1. The number of thioether (sulfide) groups is 1. The molecule has 2 aromatic carbocycles. The molecule has 1 amide bonds. The van der Waals surface area contributed by atoms with Gasteiger partial charge in [-0.05, 0) is 36.4 Å². The smallest absolute Gasteiger partial charge is 0.316 e. The first kappa shape index (κ1) is 18.7. The van der Waals surface area contributed by atoms with Crippen LogP contribution in [0.5, 0.6) is 0 Å². The maximum absolute atomic E-state index is 12.0. The Morgan fingerprint density at radius 1 is 1.00 bits per heavy atom. The number of anilines is 1. The highest BCUT2D eigenvalue weighted by Gasteiger charge is 2.11. The van der Waals surface area contributed by atoms with Crippen molar-refractivity contribution in [2.45, 2.75) is 18.2 Å². The van der Waals surface area contributed by atoms with Gasteiger partial charge in [0.2, 0.25) is 5.91 Å². The summed E-state index contributed by atoms with van der Waals surface area (Å²) in [5.74, 6) is -0.663. The van der Waals surface area contributed by atoms with E-state index >= 15 is 0 Å². The molecule has 0 unspecified atom stereocenters. The number of nitrogens with one attached hydrogen (secondary N) is 1. The van der Waals surface area contributed by atoms with Gasteiger partial charge in [0.05, 0.1) is 5.75 Å². The summed E-state index contributed by atoms with van der Waals surface area (Å²) < 4.78 is 5.01. The van der Waals surface area contributed by atoms with E-state index in [0.717, 1.165) is 4.90 Å². The third kappa shape index (κ3) is 6.43. The first-order valence-corrected chi connectivity index (χ1v) is 8.83. The third-order valence-corrected chi connectivity index (χ3v) is 4.26. The standard InChI is InChI=1S/C19H19NO4S/c1-2-18(22)20-15-10-8-14(9-11-15)17(21)12-24-19(23)13-25-16-6-4-3-5-7-16/h3-11H,2,12-13H2,1H3,(H,20,22). The molecule has 0 saturated carbocycles. The van der Waals surface area contributed by atoms with Gasteiger partial charge in [0.1, 0.15) is 0 Å². The van der Waals surface area contributed by atoms with Crippen molar-refractivity contribution in [2.75, 3.05) is 17.7 Å². The van der Waals surface area contributed by atoms with E-state index in [1.807, 2.05) is 30.3 Å². The molecule has 0 aliphatic carbocycles. The zero-order valence-electron chi connectivity index (χ0n) is 13.9. The third-order valence-electron chi connectivity index (χ3n) is 3.28. The van der Waals surface area contributed by atoms with Crippen molar-refractivity contribution in [3.63, 3.8) is 0 Å². The molecule has 6 heteroatoms. The minimum Gasteiger partial charge on any atom is -0.457 e. The van der Waals surface area contributed by atoms with Crippen LogP contribution in [0.15, 0.2) is 59.5 Å². The second-order valence-corrected chi connectivity index (χ2v) is 6.21. The molecule has 0 radical (unpaired) electrons. The molecule has 25 heavy (non-hydrogen) atoms. The summed E-state index contributed by atoms with van der Waals surface area (Å²) in [6.45, 7) is 1.46. The van der Waals surface area contributed by atoms with E-state index in [0.29, 0.717) is 17.7 Å². The van der Waals surface area contributed by atoms with Gasteiger partial charge in [0.15, 0.2) is 12.4 Å². The van der Waals surface area contributed by atoms with E-state index < -0.39 is 5.97 Å². The lowest BCUT2D eigenvalue weighted by Gasteiger charge is -2.06. The number of esters is 1. The Balaban J connectivity index is 1.77. The predicted molar refractivity (Wildman–Crippen MR) is 97.8 cm³/mol. The zero-order chi connectivity index (χ0) is 18.1. The van der Waals surface area contributed by atoms with Gasteiger partial charge in [-0.1, -0.05) is 25.1 Å². The molecular weight excluding hydrogens is 338 g/mol. The molecule has 0 atom stereocenters. The van der Waals surface area contributed by atoms with Gasteiger partial charge >= 0.3 is 5.97 Å². The van der Waals surface area contributed by atoms with Crippen molar-refractivity contribution in [1.82, 2.24) is 0 Å². The van der Waals surface area contributed by atoms with Crippen molar-refractivity contribution < 1.29 is 19.1 Å². The first-order valence-electron chi connectivity index (χ1n) is 7.85. The van der Waals surface area contributed by atoms with Crippen LogP contribution in [0.1, 0.15) is 23.7 Å². The molecule has 0 fully saturated rings. The van der Waals surface area contributed by atoms with Gasteiger partial charge in [-0.25, -0.2) is 0 Å². The van der Waals surface area contributed by atoms with Crippen molar-refractivity contribution in [1.29, 1.82) is 0 Å². The Labute approximate surface area is 150 Å². The van der Waals surface area contributed by atoms with Crippen LogP contribution in [-0.4, -0.2) is 30.0 Å². The van der Waals surface area contributed by atoms with Crippen LogP contribution in [0, 0.1) is 0 Å². The summed E-state index contributed by atoms with van der Waals surface area (Å²) in [7, 11) is 0. The summed E-state index contributed by atoms with van der Waals surface area (Å²) in [4.78, 5) is 36.0. The number of benzene rings is 2. The van der Waals surface area contributed by atoms with E-state index in [1.54, 1.807) is 31.2 Å². The molecule has 1 N–H and O–H groups in total. The highest BCUT2D eigenvalue weighted by molar-refractivity contribution is 8.00. The Hall–Kier alpha value is -2.60. The summed E-state index contributed by atoms with van der Waals surface area (Å²) in [6, 6.07) is 16.0. The Morgan fingerprint density at radius 2 is 1.68 bits per heavy atom. The summed E-state index contributed by atoms with van der Waals surface area (Å²) in [5, 5.41) is 2.70. The molecule has 0 spiro atoms. The fourth-order valence-electron chi connectivity index (χ4n) is 1.92. The Bertz CT molecular complexity index is 729. The number of ether oxygens (including phenoxy) is 1. The van der Waals surface area contributed by atoms with Gasteiger partial charge in [-0.3, -0.25) is 14.4 Å². The lowest BCUT2D eigenvalue weighted by molar-refractivity contribution is -0.139. The summed E-state index contributed by atoms with van der Waals surface area (Å²) >= 11 is 1.36. The average Bonchev–Trinajstić information content (AvgIpc) is 2.65. The van der Waals surface area contributed by atoms with E-state index in [9.17, 15) is 14.4 Å². The van der Waals surface area contributed by atoms with Crippen LogP contribution in [0.3, 0.4) is 0 Å². The van der Waals surface area contributed by atoms with Crippen molar-refractivity contribution in [3.05, 3.63) is 60.2 Å². The largest absolute Gasteiger partial charge is 0.457 e. The SMILES string of the molecule is CCC(=O)Nc1ccc(C(=O)COC(=O)CSc2ccccc2)cc1. The minimum absolute atomic E-state index is 0.0936. The van der Waals surface area contributed by atoms with E-state index in [1.165, 1.54) is 11.8 Å². The number of hydrogen-bond donors (Lipinski definition) is 1. The van der Waals surface area contributed by atoms with Crippen molar-refractivity contribution >= 4 is 35.1 Å². The van der Waals surface area contributed by atoms with Crippen LogP contribution in [0.2, 0.25) is 0 Å². The lowest BCUT2D eigenvalue weighted by Crippen LogP contribution is -2.15. The monoisotopic (exact) mass is 357 g/mol. The Kier molecular flexibility index (Phi) is 7.22. The van der Waals surface area contributed by atoms with Crippen molar-refractivity contribution in [2.24, 2.45) is 0 Å². The first-order chi connectivity index (χ1) is 12.1. The van der Waals surface area contributed by atoms with Gasteiger partial charge in [0.25, 0.3) is 0 Å². The molecule has 0 aromatic heterocycles. The molecule has 0 aliphatic rings. The van der Waals surface area contributed by atoms with Gasteiger partial charge in [-0.2, -0.15) is 0 Å². The quantitative estimate of drug-likeness (QED) is 0.444. The van der Waals surface area contributed by atoms with Gasteiger partial charge in [-0.15, -0.1) is 11.8 Å². The van der Waals surface area contributed by atoms with E-state index in [2.05, 4.69) is 5.32 Å². The summed E-state index contributed by atoms with van der Waals surface area (Å²) in [5.41, 5.74) is 1.05. The molecule has 0 bridgehead atoms. The predicted octanol–water partition coefficient (Wildman–Crippen LogP) is 3.55. The highest BCUT2D eigenvalue weighted by Crippen LogP contribution is 2.17. The number of hydrogen-bond acceptors (Lipinski definition) is 5. The molecule has 2 aromatic rings. The van der Waals surface area contributed by atoms with Crippen LogP contribution in [0.4, 0.5) is 5.69 Å². The second kappa shape index (κ2) is 9.64. The molecule has 5 nitrogen and oxygen atoms in total. The van der Waals surface area contributed by atoms with E-state index in [4.69, 9.17) is 4.74 Å². The minimum atomic E-state index is -0.436. The molecule has 0 saturated heterocycles.